The lowest BCUT2D eigenvalue weighted by atomic mass is 10.1. The summed E-state index contributed by atoms with van der Waals surface area (Å²) in [6.45, 7) is 5.93. The third kappa shape index (κ3) is 5.12. The van der Waals surface area contributed by atoms with E-state index in [9.17, 15) is 9.90 Å². The van der Waals surface area contributed by atoms with Gasteiger partial charge in [-0.3, -0.25) is 14.8 Å². The summed E-state index contributed by atoms with van der Waals surface area (Å²) < 4.78 is 5.92. The first-order valence-electron chi connectivity index (χ1n) is 7.58. The summed E-state index contributed by atoms with van der Waals surface area (Å²) >= 11 is 3.37. The molecule has 0 bridgehead atoms. The van der Waals surface area contributed by atoms with Crippen molar-refractivity contribution in [2.24, 2.45) is 0 Å². The molecule has 8 heteroatoms. The fourth-order valence-corrected chi connectivity index (χ4v) is 2.32. The van der Waals surface area contributed by atoms with Crippen LogP contribution in [-0.2, 0) is 9.53 Å². The number of nitrogens with one attached hydrogen (secondary N) is 2. The number of ether oxygens (including phenoxy) is 1. The number of aliphatic hydroxyl groups is 1. The van der Waals surface area contributed by atoms with Gasteiger partial charge in [-0.05, 0) is 42.8 Å². The molecule has 3 N–H and O–H groups in total. The van der Waals surface area contributed by atoms with Crippen LogP contribution in [0.15, 0.2) is 22.9 Å². The predicted molar refractivity (Wildman–Crippen MR) is 97.1 cm³/mol. The van der Waals surface area contributed by atoms with Crippen molar-refractivity contribution in [3.63, 3.8) is 0 Å². The maximum Gasteiger partial charge on any atom is 0.250 e. The van der Waals surface area contributed by atoms with Crippen LogP contribution in [0.1, 0.15) is 20.8 Å². The smallest absolute Gasteiger partial charge is 0.250 e. The number of fused-ring (bicyclic) bond motifs is 1. The molecule has 24 heavy (non-hydrogen) atoms. The molecule has 0 spiro atoms. The Hall–Kier alpha value is -1.77. The Bertz CT molecular complexity index is 731. The number of hydrogen-bond donors (Lipinski definition) is 3. The summed E-state index contributed by atoms with van der Waals surface area (Å²) in [5.41, 5.74) is 1.46. The zero-order valence-electron chi connectivity index (χ0n) is 13.9. The number of amides is 1. The van der Waals surface area contributed by atoms with Crippen molar-refractivity contribution < 1.29 is 14.6 Å². The highest BCUT2D eigenvalue weighted by Gasteiger charge is 2.17. The van der Waals surface area contributed by atoms with E-state index in [2.05, 4.69) is 36.5 Å². The van der Waals surface area contributed by atoms with E-state index in [4.69, 9.17) is 4.74 Å². The maximum atomic E-state index is 11.9. The molecular formula is C16H21BrN4O3. The number of carbonyl (C=O) groups excluding carboxylic acids is 1. The summed E-state index contributed by atoms with van der Waals surface area (Å²) in [4.78, 5) is 20.7. The van der Waals surface area contributed by atoms with Gasteiger partial charge in [0.15, 0.2) is 0 Å². The number of aromatic nitrogens is 2. The van der Waals surface area contributed by atoms with E-state index < -0.39 is 5.60 Å². The number of anilines is 2. The average molecular weight is 397 g/mol. The molecule has 2 rings (SSSR count). The molecule has 0 aliphatic heterocycles. The Kier molecular flexibility index (Phi) is 6.09. The second-order valence-electron chi connectivity index (χ2n) is 5.92. The van der Waals surface area contributed by atoms with Gasteiger partial charge in [-0.25, -0.2) is 0 Å². The summed E-state index contributed by atoms with van der Waals surface area (Å²) in [5, 5.41) is 15.9. The van der Waals surface area contributed by atoms with Gasteiger partial charge in [-0.15, -0.1) is 0 Å². The first-order valence-corrected chi connectivity index (χ1v) is 8.37. The number of nitrogens with zero attached hydrogens (tertiary/aromatic N) is 2. The van der Waals surface area contributed by atoms with Gasteiger partial charge in [0, 0.05) is 23.8 Å². The number of rotatable bonds is 7. The van der Waals surface area contributed by atoms with Crippen LogP contribution in [0.3, 0.4) is 0 Å². The first-order chi connectivity index (χ1) is 11.3. The number of carbonyl (C=O) groups is 1. The summed E-state index contributed by atoms with van der Waals surface area (Å²) in [6, 6.07) is 1.84. The lowest BCUT2D eigenvalue weighted by molar-refractivity contribution is -0.120. The Labute approximate surface area is 149 Å². The fraction of sp³-hybridized carbons (Fsp3) is 0.438. The third-order valence-electron chi connectivity index (χ3n) is 3.08. The van der Waals surface area contributed by atoms with Gasteiger partial charge < -0.3 is 20.5 Å². The zero-order valence-corrected chi connectivity index (χ0v) is 15.5. The van der Waals surface area contributed by atoms with Crippen LogP contribution in [0.25, 0.3) is 11.0 Å². The molecule has 0 fully saturated rings. The monoisotopic (exact) mass is 396 g/mol. The second kappa shape index (κ2) is 7.87. The second-order valence-corrected chi connectivity index (χ2v) is 6.84. The van der Waals surface area contributed by atoms with Gasteiger partial charge in [0.1, 0.15) is 12.1 Å². The van der Waals surface area contributed by atoms with Crippen LogP contribution in [-0.4, -0.2) is 46.3 Å². The van der Waals surface area contributed by atoms with Gasteiger partial charge in [0.2, 0.25) is 5.91 Å². The lowest BCUT2D eigenvalue weighted by Gasteiger charge is -2.21. The SMILES string of the molecule is CCOCC(=O)Nc1cnc2cc(Br)cnc2c1NCC(C)(C)O. The van der Waals surface area contributed by atoms with Gasteiger partial charge in [-0.2, -0.15) is 0 Å². The molecule has 0 saturated carbocycles. The van der Waals surface area contributed by atoms with Crippen molar-refractivity contribution in [1.29, 1.82) is 0 Å². The van der Waals surface area contributed by atoms with Crippen LogP contribution < -0.4 is 10.6 Å². The van der Waals surface area contributed by atoms with Crippen molar-refractivity contribution in [3.05, 3.63) is 22.9 Å². The Balaban J connectivity index is 2.37. The molecule has 130 valence electrons. The van der Waals surface area contributed by atoms with Crippen LogP contribution in [0, 0.1) is 0 Å². The molecule has 0 atom stereocenters. The lowest BCUT2D eigenvalue weighted by Crippen LogP contribution is -2.30. The van der Waals surface area contributed by atoms with Crippen LogP contribution in [0.2, 0.25) is 0 Å². The molecule has 0 unspecified atom stereocenters. The molecule has 1 amide bonds. The quantitative estimate of drug-likeness (QED) is 0.665. The fourth-order valence-electron chi connectivity index (χ4n) is 2.01. The van der Waals surface area contributed by atoms with E-state index >= 15 is 0 Å². The van der Waals surface area contributed by atoms with Crippen molar-refractivity contribution in [3.8, 4) is 0 Å². The summed E-state index contributed by atoms with van der Waals surface area (Å²) in [5.74, 6) is -0.276. The van der Waals surface area contributed by atoms with Crippen molar-refractivity contribution >= 4 is 44.2 Å². The number of pyridine rings is 2. The molecule has 0 radical (unpaired) electrons. The normalized spacial score (nSPS) is 11.5. The Morgan fingerprint density at radius 1 is 1.38 bits per heavy atom. The minimum Gasteiger partial charge on any atom is -0.389 e. The average Bonchev–Trinajstić information content (AvgIpc) is 2.50. The predicted octanol–water partition coefficient (Wildman–Crippen LogP) is 2.55. The molecule has 0 aliphatic rings. The Morgan fingerprint density at radius 3 is 2.79 bits per heavy atom. The van der Waals surface area contributed by atoms with E-state index in [1.165, 1.54) is 0 Å². The molecule has 0 aliphatic carbocycles. The van der Waals surface area contributed by atoms with E-state index in [1.54, 1.807) is 26.2 Å². The van der Waals surface area contributed by atoms with Crippen molar-refractivity contribution in [2.75, 3.05) is 30.4 Å². The summed E-state index contributed by atoms with van der Waals surface area (Å²) in [7, 11) is 0. The minimum absolute atomic E-state index is 0.0345. The Morgan fingerprint density at radius 2 is 2.12 bits per heavy atom. The van der Waals surface area contributed by atoms with Crippen LogP contribution in [0.4, 0.5) is 11.4 Å². The molecule has 2 aromatic rings. The summed E-state index contributed by atoms with van der Waals surface area (Å²) in [6.07, 6.45) is 3.22. The number of halogens is 1. The van der Waals surface area contributed by atoms with Gasteiger partial charge in [0.05, 0.1) is 28.7 Å². The van der Waals surface area contributed by atoms with Gasteiger partial charge >= 0.3 is 0 Å². The van der Waals surface area contributed by atoms with E-state index in [0.717, 1.165) is 4.47 Å². The van der Waals surface area contributed by atoms with E-state index in [0.29, 0.717) is 29.0 Å². The highest BCUT2D eigenvalue weighted by atomic mass is 79.9. The largest absolute Gasteiger partial charge is 0.389 e. The van der Waals surface area contributed by atoms with E-state index in [-0.39, 0.29) is 19.1 Å². The van der Waals surface area contributed by atoms with Crippen molar-refractivity contribution in [2.45, 2.75) is 26.4 Å². The number of hydrogen-bond acceptors (Lipinski definition) is 6. The van der Waals surface area contributed by atoms with Crippen LogP contribution >= 0.6 is 15.9 Å². The standard InChI is InChI=1S/C16H21BrN4O3/c1-4-24-8-13(22)21-12-7-18-11-5-10(17)6-19-14(11)15(12)20-9-16(2,3)23/h5-7,23H,4,8-9H2,1-3H3,(H,18,20)(H,21,22). The molecule has 2 heterocycles. The highest BCUT2D eigenvalue weighted by molar-refractivity contribution is 9.10. The zero-order chi connectivity index (χ0) is 17.7. The van der Waals surface area contributed by atoms with Crippen molar-refractivity contribution in [1.82, 2.24) is 9.97 Å². The molecular weight excluding hydrogens is 376 g/mol. The molecule has 2 aromatic heterocycles. The topological polar surface area (TPSA) is 96.4 Å². The maximum absolute atomic E-state index is 11.9. The molecule has 0 aromatic carbocycles. The highest BCUT2D eigenvalue weighted by Crippen LogP contribution is 2.30. The third-order valence-corrected chi connectivity index (χ3v) is 3.52. The molecule has 7 nitrogen and oxygen atoms in total. The van der Waals surface area contributed by atoms with Crippen LogP contribution in [0.5, 0.6) is 0 Å². The minimum atomic E-state index is -0.919. The van der Waals surface area contributed by atoms with E-state index in [1.807, 2.05) is 13.0 Å². The van der Waals surface area contributed by atoms with Gasteiger partial charge in [0.25, 0.3) is 0 Å². The molecule has 0 saturated heterocycles. The first kappa shape index (κ1) is 18.6. The van der Waals surface area contributed by atoms with Gasteiger partial charge in [-0.1, -0.05) is 0 Å².